The summed E-state index contributed by atoms with van der Waals surface area (Å²) in [6, 6.07) is 8.12. The zero-order chi connectivity index (χ0) is 20.4. The highest BCUT2D eigenvalue weighted by Crippen LogP contribution is 2.29. The molecular formula is C19H19F2NO5S. The fourth-order valence-corrected chi connectivity index (χ4v) is 2.87. The summed E-state index contributed by atoms with van der Waals surface area (Å²) in [4.78, 5) is 24.5. The van der Waals surface area contributed by atoms with Gasteiger partial charge in [0, 0.05) is 17.5 Å². The summed E-state index contributed by atoms with van der Waals surface area (Å²) < 4.78 is 38.8. The fraction of sp³-hybridized carbons (Fsp3) is 0.263. The van der Waals surface area contributed by atoms with E-state index in [-0.39, 0.29) is 11.5 Å². The highest BCUT2D eigenvalue weighted by Gasteiger charge is 2.10. The minimum Gasteiger partial charge on any atom is -0.493 e. The molecule has 2 rings (SSSR count). The van der Waals surface area contributed by atoms with Gasteiger partial charge in [-0.2, -0.15) is 8.78 Å². The van der Waals surface area contributed by atoms with Crippen LogP contribution in [0.25, 0.3) is 6.08 Å². The molecule has 9 heteroatoms. The Labute approximate surface area is 164 Å². The molecule has 0 saturated heterocycles. The van der Waals surface area contributed by atoms with E-state index >= 15 is 0 Å². The van der Waals surface area contributed by atoms with Crippen LogP contribution in [0.1, 0.15) is 10.4 Å². The fourth-order valence-electron chi connectivity index (χ4n) is 2.16. The predicted octanol–water partition coefficient (Wildman–Crippen LogP) is 3.27. The number of esters is 1. The molecule has 0 aliphatic carbocycles. The third-order valence-corrected chi connectivity index (χ3v) is 4.37. The van der Waals surface area contributed by atoms with Gasteiger partial charge < -0.3 is 19.5 Å². The molecule has 0 bridgehead atoms. The maximum absolute atomic E-state index is 12.3. The first-order chi connectivity index (χ1) is 13.5. The molecule has 150 valence electrons. The van der Waals surface area contributed by atoms with Crippen molar-refractivity contribution in [1.29, 1.82) is 0 Å². The maximum atomic E-state index is 12.3. The number of halogens is 2. The van der Waals surface area contributed by atoms with Crippen LogP contribution in [0.5, 0.6) is 11.5 Å². The molecule has 6 nitrogen and oxygen atoms in total. The van der Waals surface area contributed by atoms with Crippen molar-refractivity contribution in [3.05, 3.63) is 52.2 Å². The second kappa shape index (κ2) is 11.0. The standard InChI is InChI=1S/C19H19F2NO5S/c1-25-16-11-13(4-6-15(16)27-19(20)21)5-7-18(24)26-12-17(23)22-9-8-14-3-2-10-28-14/h2-7,10-11,19H,8-9,12H2,1H3,(H,22,23)/b7-5+. The van der Waals surface area contributed by atoms with Crippen LogP contribution in [-0.4, -0.2) is 38.7 Å². The van der Waals surface area contributed by atoms with Crippen molar-refractivity contribution in [1.82, 2.24) is 5.32 Å². The largest absolute Gasteiger partial charge is 0.493 e. The molecule has 0 spiro atoms. The number of carbonyl (C=O) groups excluding carboxylic acids is 2. The van der Waals surface area contributed by atoms with Gasteiger partial charge in [-0.15, -0.1) is 11.3 Å². The van der Waals surface area contributed by atoms with Crippen LogP contribution in [0.15, 0.2) is 41.8 Å². The normalized spacial score (nSPS) is 10.9. The topological polar surface area (TPSA) is 73.9 Å². The molecule has 1 heterocycles. The van der Waals surface area contributed by atoms with Gasteiger partial charge in [0.2, 0.25) is 0 Å². The molecule has 1 aromatic heterocycles. The minimum atomic E-state index is -2.97. The second-order valence-electron chi connectivity index (χ2n) is 5.41. The van der Waals surface area contributed by atoms with Crippen LogP contribution >= 0.6 is 11.3 Å². The van der Waals surface area contributed by atoms with Crippen molar-refractivity contribution in [2.45, 2.75) is 13.0 Å². The van der Waals surface area contributed by atoms with Gasteiger partial charge >= 0.3 is 12.6 Å². The number of methoxy groups -OCH3 is 1. The number of alkyl halides is 2. The second-order valence-corrected chi connectivity index (χ2v) is 6.44. The summed E-state index contributed by atoms with van der Waals surface area (Å²) in [7, 11) is 1.31. The van der Waals surface area contributed by atoms with Crippen molar-refractivity contribution in [3.63, 3.8) is 0 Å². The molecule has 1 aromatic carbocycles. The molecule has 1 amide bonds. The number of thiophene rings is 1. The van der Waals surface area contributed by atoms with Crippen molar-refractivity contribution in [3.8, 4) is 11.5 Å². The summed E-state index contributed by atoms with van der Waals surface area (Å²) in [5.41, 5.74) is 0.510. The van der Waals surface area contributed by atoms with E-state index in [0.717, 1.165) is 11.0 Å². The molecule has 0 fully saturated rings. The molecular weight excluding hydrogens is 392 g/mol. The van der Waals surface area contributed by atoms with Crippen LogP contribution in [0.3, 0.4) is 0 Å². The van der Waals surface area contributed by atoms with Crippen LogP contribution < -0.4 is 14.8 Å². The van der Waals surface area contributed by atoms with E-state index in [1.54, 1.807) is 11.3 Å². The lowest BCUT2D eigenvalue weighted by Gasteiger charge is -2.10. The molecule has 0 atom stereocenters. The smallest absolute Gasteiger partial charge is 0.387 e. The van der Waals surface area contributed by atoms with E-state index < -0.39 is 25.1 Å². The van der Waals surface area contributed by atoms with Gasteiger partial charge in [-0.1, -0.05) is 12.1 Å². The molecule has 0 radical (unpaired) electrons. The summed E-state index contributed by atoms with van der Waals surface area (Å²) in [5, 5.41) is 4.62. The molecule has 0 aliphatic heterocycles. The number of hydrogen-bond acceptors (Lipinski definition) is 6. The van der Waals surface area contributed by atoms with Crippen molar-refractivity contribution >= 4 is 29.3 Å². The van der Waals surface area contributed by atoms with E-state index in [9.17, 15) is 18.4 Å². The quantitative estimate of drug-likeness (QED) is 0.480. The maximum Gasteiger partial charge on any atom is 0.387 e. The number of amides is 1. The predicted molar refractivity (Wildman–Crippen MR) is 101 cm³/mol. The first-order valence-electron chi connectivity index (χ1n) is 8.24. The zero-order valence-electron chi connectivity index (χ0n) is 15.0. The minimum absolute atomic E-state index is 0.0981. The van der Waals surface area contributed by atoms with Gasteiger partial charge in [-0.3, -0.25) is 4.79 Å². The molecule has 0 unspecified atom stereocenters. The lowest BCUT2D eigenvalue weighted by Crippen LogP contribution is -2.30. The lowest BCUT2D eigenvalue weighted by molar-refractivity contribution is -0.143. The van der Waals surface area contributed by atoms with Crippen LogP contribution in [0.4, 0.5) is 8.78 Å². The Balaban J connectivity index is 1.77. The highest BCUT2D eigenvalue weighted by atomic mass is 32.1. The van der Waals surface area contributed by atoms with E-state index in [0.29, 0.717) is 18.5 Å². The number of carbonyl (C=O) groups is 2. The summed E-state index contributed by atoms with van der Waals surface area (Å²) in [5.74, 6) is -1.12. The average molecular weight is 411 g/mol. The Kier molecular flexibility index (Phi) is 8.41. The zero-order valence-corrected chi connectivity index (χ0v) is 15.8. The van der Waals surface area contributed by atoms with Crippen LogP contribution in [-0.2, 0) is 20.7 Å². The third kappa shape index (κ3) is 7.36. The van der Waals surface area contributed by atoms with Gasteiger partial charge in [0.15, 0.2) is 18.1 Å². The van der Waals surface area contributed by atoms with E-state index in [1.165, 1.54) is 31.4 Å². The number of hydrogen-bond donors (Lipinski definition) is 1. The van der Waals surface area contributed by atoms with Gasteiger partial charge in [-0.25, -0.2) is 4.79 Å². The Morgan fingerprint density at radius 3 is 2.75 bits per heavy atom. The summed E-state index contributed by atoms with van der Waals surface area (Å²) in [6.45, 7) is -2.90. The monoisotopic (exact) mass is 411 g/mol. The van der Waals surface area contributed by atoms with Crippen LogP contribution in [0.2, 0.25) is 0 Å². The lowest BCUT2D eigenvalue weighted by atomic mass is 10.2. The number of ether oxygens (including phenoxy) is 3. The van der Waals surface area contributed by atoms with Gasteiger partial charge in [0.25, 0.3) is 5.91 Å². The Morgan fingerprint density at radius 2 is 2.07 bits per heavy atom. The number of rotatable bonds is 10. The first-order valence-corrected chi connectivity index (χ1v) is 9.12. The SMILES string of the molecule is COc1cc(/C=C/C(=O)OCC(=O)NCCc2cccs2)ccc1OC(F)F. The molecule has 0 saturated carbocycles. The van der Waals surface area contributed by atoms with Gasteiger partial charge in [-0.05, 0) is 41.6 Å². The van der Waals surface area contributed by atoms with E-state index in [4.69, 9.17) is 9.47 Å². The van der Waals surface area contributed by atoms with E-state index in [2.05, 4.69) is 10.1 Å². The number of nitrogens with one attached hydrogen (secondary N) is 1. The highest BCUT2D eigenvalue weighted by molar-refractivity contribution is 7.09. The van der Waals surface area contributed by atoms with Gasteiger partial charge in [0.05, 0.1) is 7.11 Å². The first kappa shape index (κ1) is 21.4. The third-order valence-electron chi connectivity index (χ3n) is 3.43. The number of benzene rings is 1. The molecule has 2 aromatic rings. The Hall–Kier alpha value is -2.94. The van der Waals surface area contributed by atoms with Crippen molar-refractivity contribution in [2.75, 3.05) is 20.3 Å². The molecule has 1 N–H and O–H groups in total. The molecule has 0 aliphatic rings. The van der Waals surface area contributed by atoms with Gasteiger partial charge in [0.1, 0.15) is 0 Å². The van der Waals surface area contributed by atoms with E-state index in [1.807, 2.05) is 17.5 Å². The van der Waals surface area contributed by atoms with Crippen molar-refractivity contribution in [2.24, 2.45) is 0 Å². The van der Waals surface area contributed by atoms with Crippen molar-refractivity contribution < 1.29 is 32.6 Å². The average Bonchev–Trinajstić information content (AvgIpc) is 3.18. The molecule has 28 heavy (non-hydrogen) atoms. The summed E-state index contributed by atoms with van der Waals surface area (Å²) >= 11 is 1.60. The summed E-state index contributed by atoms with van der Waals surface area (Å²) in [6.07, 6.45) is 3.25. The Bertz CT molecular complexity index is 809. The Morgan fingerprint density at radius 1 is 1.25 bits per heavy atom. The van der Waals surface area contributed by atoms with Crippen LogP contribution in [0, 0.1) is 0 Å².